The maximum atomic E-state index is 14.3. The van der Waals surface area contributed by atoms with Crippen LogP contribution < -0.4 is 14.3 Å². The molecular weight excluding hydrogens is 365 g/mol. The Bertz CT molecular complexity index is 1060. The summed E-state index contributed by atoms with van der Waals surface area (Å²) < 4.78 is 27.1. The normalized spacial score (nSPS) is 14.1. The van der Waals surface area contributed by atoms with Gasteiger partial charge in [0.05, 0.1) is 11.9 Å². The second-order valence-electron chi connectivity index (χ2n) is 5.82. The lowest BCUT2D eigenvalue weighted by atomic mass is 10.1. The van der Waals surface area contributed by atoms with Gasteiger partial charge in [-0.1, -0.05) is 12.1 Å². The smallest absolute Gasteiger partial charge is 0.206 e. The van der Waals surface area contributed by atoms with E-state index in [-0.39, 0.29) is 5.82 Å². The van der Waals surface area contributed by atoms with Crippen LogP contribution in [0.5, 0.6) is 11.5 Å². The Kier molecular flexibility index (Phi) is 5.02. The van der Waals surface area contributed by atoms with Crippen molar-refractivity contribution in [1.29, 1.82) is 0 Å². The summed E-state index contributed by atoms with van der Waals surface area (Å²) >= 11 is 1.43. The lowest BCUT2D eigenvalue weighted by Gasteiger charge is -2.18. The summed E-state index contributed by atoms with van der Waals surface area (Å²) in [6.45, 7) is 3.66. The predicted molar refractivity (Wildman–Crippen MR) is 104 cm³/mol. The van der Waals surface area contributed by atoms with E-state index in [9.17, 15) is 4.39 Å². The summed E-state index contributed by atoms with van der Waals surface area (Å²) in [5, 5.41) is 6.44. The zero-order valence-electron chi connectivity index (χ0n) is 14.8. The number of halogens is 1. The Labute approximate surface area is 160 Å². The second kappa shape index (κ2) is 7.75. The third-order valence-electron chi connectivity index (χ3n) is 4.02. The average molecular weight is 383 g/mol. The number of rotatable bonds is 4. The van der Waals surface area contributed by atoms with Crippen LogP contribution in [0.2, 0.25) is 0 Å². The van der Waals surface area contributed by atoms with Crippen molar-refractivity contribution in [3.05, 3.63) is 64.0 Å². The molecule has 0 aliphatic carbocycles. The van der Waals surface area contributed by atoms with Crippen molar-refractivity contribution in [2.45, 2.75) is 6.92 Å². The fourth-order valence-electron chi connectivity index (χ4n) is 2.77. The van der Waals surface area contributed by atoms with Crippen molar-refractivity contribution in [2.75, 3.05) is 19.8 Å². The molecule has 4 rings (SSSR count). The number of ether oxygens (including phenoxy) is 2. The van der Waals surface area contributed by atoms with E-state index in [1.54, 1.807) is 23.0 Å². The summed E-state index contributed by atoms with van der Waals surface area (Å²) in [7, 11) is 0. The van der Waals surface area contributed by atoms with Crippen molar-refractivity contribution < 1.29 is 13.9 Å². The molecule has 1 aromatic heterocycles. The van der Waals surface area contributed by atoms with Gasteiger partial charge < -0.3 is 9.47 Å². The Balaban J connectivity index is 1.75. The van der Waals surface area contributed by atoms with E-state index in [4.69, 9.17) is 9.47 Å². The maximum Gasteiger partial charge on any atom is 0.206 e. The summed E-state index contributed by atoms with van der Waals surface area (Å²) in [6.07, 6.45) is 1.71. The first kappa shape index (κ1) is 17.5. The van der Waals surface area contributed by atoms with Gasteiger partial charge in [-0.2, -0.15) is 5.10 Å². The van der Waals surface area contributed by atoms with Crippen LogP contribution in [0.4, 0.5) is 4.39 Å². The van der Waals surface area contributed by atoms with Gasteiger partial charge in [0.2, 0.25) is 4.80 Å². The van der Waals surface area contributed by atoms with Crippen LogP contribution in [0, 0.1) is 5.82 Å². The first-order chi connectivity index (χ1) is 13.3. The lowest BCUT2D eigenvalue weighted by molar-refractivity contribution is 0.171. The lowest BCUT2D eigenvalue weighted by Crippen LogP contribution is -2.15. The highest BCUT2D eigenvalue weighted by Gasteiger charge is 2.13. The van der Waals surface area contributed by atoms with Gasteiger partial charge in [0.1, 0.15) is 19.0 Å². The number of thiazole rings is 1. The first-order valence-electron chi connectivity index (χ1n) is 8.66. The molecule has 2 heterocycles. The molecule has 138 valence electrons. The van der Waals surface area contributed by atoms with Crippen LogP contribution in [0.25, 0.3) is 11.3 Å². The van der Waals surface area contributed by atoms with E-state index in [1.165, 1.54) is 17.4 Å². The van der Waals surface area contributed by atoms with E-state index in [1.807, 2.05) is 36.6 Å². The standard InChI is InChI=1S/C20H18FN3O2S/c1-2-22-20-24(17(13-27-20)15-5-3-4-6-16(15)21)23-12-14-7-8-18-19(11-14)26-10-9-25-18/h3-8,11-13H,2,9-10H2,1H3. The van der Waals surface area contributed by atoms with Gasteiger partial charge in [-0.3, -0.25) is 4.99 Å². The van der Waals surface area contributed by atoms with E-state index in [0.717, 1.165) is 11.3 Å². The fourth-order valence-corrected chi connectivity index (χ4v) is 3.67. The number of nitrogens with zero attached hydrogens (tertiary/aromatic N) is 3. The molecule has 0 fully saturated rings. The molecule has 2 aromatic carbocycles. The van der Waals surface area contributed by atoms with Crippen LogP contribution in [0.15, 0.2) is 57.9 Å². The molecule has 1 aliphatic rings. The first-order valence-corrected chi connectivity index (χ1v) is 9.54. The van der Waals surface area contributed by atoms with Crippen LogP contribution in [0.3, 0.4) is 0 Å². The highest BCUT2D eigenvalue weighted by Crippen LogP contribution is 2.30. The van der Waals surface area contributed by atoms with E-state index < -0.39 is 0 Å². The summed E-state index contributed by atoms with van der Waals surface area (Å²) in [5.41, 5.74) is 2.02. The molecule has 0 spiro atoms. The summed E-state index contributed by atoms with van der Waals surface area (Å²) in [5.74, 6) is 1.14. The zero-order valence-corrected chi connectivity index (χ0v) is 15.6. The zero-order chi connectivity index (χ0) is 18.6. The van der Waals surface area contributed by atoms with E-state index >= 15 is 0 Å². The number of hydrogen-bond donors (Lipinski definition) is 0. The van der Waals surface area contributed by atoms with Gasteiger partial charge in [-0.25, -0.2) is 9.07 Å². The number of aromatic nitrogens is 1. The minimum Gasteiger partial charge on any atom is -0.486 e. The Morgan fingerprint density at radius 1 is 1.15 bits per heavy atom. The van der Waals surface area contributed by atoms with Gasteiger partial charge in [-0.05, 0) is 42.8 Å². The predicted octanol–water partition coefficient (Wildman–Crippen LogP) is 3.93. The van der Waals surface area contributed by atoms with Crippen molar-refractivity contribution in [1.82, 2.24) is 4.68 Å². The van der Waals surface area contributed by atoms with E-state index in [2.05, 4.69) is 10.1 Å². The quantitative estimate of drug-likeness (QED) is 0.641. The van der Waals surface area contributed by atoms with Gasteiger partial charge in [-0.15, -0.1) is 11.3 Å². The van der Waals surface area contributed by atoms with Gasteiger partial charge in [0.25, 0.3) is 0 Å². The molecule has 0 bridgehead atoms. The summed E-state index contributed by atoms with van der Waals surface area (Å²) in [4.78, 5) is 5.18. The number of benzene rings is 2. The van der Waals surface area contributed by atoms with Crippen LogP contribution in [0.1, 0.15) is 12.5 Å². The van der Waals surface area contributed by atoms with Crippen molar-refractivity contribution >= 4 is 17.6 Å². The van der Waals surface area contributed by atoms with Crippen LogP contribution in [-0.4, -0.2) is 30.6 Å². The summed E-state index contributed by atoms with van der Waals surface area (Å²) in [6, 6.07) is 12.3. The maximum absolute atomic E-state index is 14.3. The SMILES string of the molecule is CCN=c1scc(-c2ccccc2F)n1N=Cc1ccc2c(c1)OCCO2. The Hall–Kier alpha value is -2.93. The molecule has 1 aliphatic heterocycles. The third kappa shape index (κ3) is 3.64. The molecule has 0 unspecified atom stereocenters. The topological polar surface area (TPSA) is 48.1 Å². The highest BCUT2D eigenvalue weighted by atomic mass is 32.1. The highest BCUT2D eigenvalue weighted by molar-refractivity contribution is 7.07. The molecule has 0 radical (unpaired) electrons. The molecule has 5 nitrogen and oxygen atoms in total. The minimum atomic E-state index is -0.290. The monoisotopic (exact) mass is 383 g/mol. The molecular formula is C20H18FN3O2S. The second-order valence-corrected chi connectivity index (χ2v) is 6.65. The number of fused-ring (bicyclic) bond motifs is 1. The third-order valence-corrected chi connectivity index (χ3v) is 4.87. The molecule has 7 heteroatoms. The molecule has 3 aromatic rings. The van der Waals surface area contributed by atoms with Crippen LogP contribution in [-0.2, 0) is 0 Å². The largest absolute Gasteiger partial charge is 0.486 e. The van der Waals surface area contributed by atoms with Crippen molar-refractivity contribution in [3.63, 3.8) is 0 Å². The Morgan fingerprint density at radius 2 is 1.96 bits per heavy atom. The van der Waals surface area contributed by atoms with Gasteiger partial charge >= 0.3 is 0 Å². The Morgan fingerprint density at radius 3 is 2.78 bits per heavy atom. The van der Waals surface area contributed by atoms with Crippen molar-refractivity contribution in [2.24, 2.45) is 10.1 Å². The molecule has 27 heavy (non-hydrogen) atoms. The minimum absolute atomic E-state index is 0.290. The number of hydrogen-bond acceptors (Lipinski definition) is 5. The fraction of sp³-hybridized carbons (Fsp3) is 0.200. The molecule has 0 amide bonds. The van der Waals surface area contributed by atoms with E-state index in [0.29, 0.717) is 41.6 Å². The van der Waals surface area contributed by atoms with Crippen molar-refractivity contribution in [3.8, 4) is 22.8 Å². The molecule has 0 N–H and O–H groups in total. The van der Waals surface area contributed by atoms with Gasteiger partial charge in [0, 0.05) is 17.5 Å². The van der Waals surface area contributed by atoms with Gasteiger partial charge in [0.15, 0.2) is 11.5 Å². The molecule has 0 atom stereocenters. The molecule has 0 saturated heterocycles. The van der Waals surface area contributed by atoms with Crippen LogP contribution >= 0.6 is 11.3 Å². The molecule has 0 saturated carbocycles. The average Bonchev–Trinajstić information content (AvgIpc) is 3.09.